The maximum atomic E-state index is 15.2. The third-order valence-electron chi connectivity index (χ3n) is 8.38. The lowest BCUT2D eigenvalue weighted by Gasteiger charge is -2.22. The summed E-state index contributed by atoms with van der Waals surface area (Å²) in [5.41, 5.74) is 4.12. The quantitative estimate of drug-likeness (QED) is 0.167. The minimum Gasteiger partial charge on any atom is -0.490 e. The monoisotopic (exact) mass is 562 g/mol. The first kappa shape index (κ1) is 30.9. The third kappa shape index (κ3) is 8.50. The lowest BCUT2D eigenvalue weighted by Crippen LogP contribution is -2.06. The van der Waals surface area contributed by atoms with E-state index in [9.17, 15) is 8.78 Å². The van der Waals surface area contributed by atoms with Crippen LogP contribution >= 0.6 is 0 Å². The Morgan fingerprint density at radius 1 is 0.683 bits per heavy atom. The van der Waals surface area contributed by atoms with Crippen LogP contribution in [0.3, 0.4) is 0 Å². The van der Waals surface area contributed by atoms with Crippen molar-refractivity contribution in [3.05, 3.63) is 83.7 Å². The summed E-state index contributed by atoms with van der Waals surface area (Å²) in [7, 11) is 0. The van der Waals surface area contributed by atoms with Crippen molar-refractivity contribution < 1.29 is 17.9 Å². The van der Waals surface area contributed by atoms with Gasteiger partial charge in [0.15, 0.2) is 11.6 Å². The number of hydrogen-bond donors (Lipinski definition) is 0. The molecule has 0 saturated heterocycles. The molecule has 0 N–H and O–H groups in total. The average molecular weight is 563 g/mol. The van der Waals surface area contributed by atoms with Crippen molar-refractivity contribution in [1.29, 1.82) is 0 Å². The normalized spacial score (nSPS) is 15.1. The number of halogens is 3. The molecule has 1 nitrogen and oxygen atoms in total. The van der Waals surface area contributed by atoms with Gasteiger partial charge in [-0.3, -0.25) is 0 Å². The molecule has 1 unspecified atom stereocenters. The lowest BCUT2D eigenvalue weighted by atomic mass is 9.83. The smallest absolute Gasteiger partial charge is 0.201 e. The van der Waals surface area contributed by atoms with Gasteiger partial charge in [0.1, 0.15) is 5.82 Å². The molecule has 41 heavy (non-hydrogen) atoms. The van der Waals surface area contributed by atoms with Crippen molar-refractivity contribution in [2.75, 3.05) is 6.61 Å². The summed E-state index contributed by atoms with van der Waals surface area (Å²) in [6, 6.07) is 15.6. The number of ether oxygens (including phenoxy) is 1. The molecule has 3 aromatic carbocycles. The highest BCUT2D eigenvalue weighted by Gasteiger charge is 2.19. The zero-order valence-electron chi connectivity index (χ0n) is 24.8. The lowest BCUT2D eigenvalue weighted by molar-refractivity contribution is 0.285. The van der Waals surface area contributed by atoms with Gasteiger partial charge in [0.05, 0.1) is 6.61 Å². The number of rotatable bonds is 15. The molecule has 1 atom stereocenters. The minimum atomic E-state index is -0.959. The minimum absolute atomic E-state index is 0.0490. The third-order valence-corrected chi connectivity index (χ3v) is 8.38. The summed E-state index contributed by atoms with van der Waals surface area (Å²) in [6.07, 6.45) is 17.0. The van der Waals surface area contributed by atoms with Gasteiger partial charge in [-0.1, -0.05) is 114 Å². The Kier molecular flexibility index (Phi) is 12.0. The second-order valence-electron chi connectivity index (χ2n) is 11.5. The number of benzene rings is 3. The molecule has 0 saturated carbocycles. The van der Waals surface area contributed by atoms with Crippen LogP contribution in [-0.4, -0.2) is 6.61 Å². The van der Waals surface area contributed by atoms with E-state index in [4.69, 9.17) is 4.74 Å². The first-order valence-electron chi connectivity index (χ1n) is 15.7. The Hall–Kier alpha value is -3.01. The van der Waals surface area contributed by atoms with E-state index < -0.39 is 11.6 Å². The highest BCUT2D eigenvalue weighted by molar-refractivity contribution is 5.74. The van der Waals surface area contributed by atoms with Crippen molar-refractivity contribution in [2.24, 2.45) is 5.92 Å². The highest BCUT2D eigenvalue weighted by Crippen LogP contribution is 2.36. The number of allylic oxidation sites excluding steroid dienone is 2. The van der Waals surface area contributed by atoms with Crippen LogP contribution < -0.4 is 4.74 Å². The van der Waals surface area contributed by atoms with Crippen molar-refractivity contribution in [1.82, 2.24) is 0 Å². The second kappa shape index (κ2) is 15.8. The van der Waals surface area contributed by atoms with Gasteiger partial charge in [0, 0.05) is 11.1 Å². The van der Waals surface area contributed by atoms with Gasteiger partial charge in [-0.15, -0.1) is 0 Å². The zero-order valence-corrected chi connectivity index (χ0v) is 24.8. The van der Waals surface area contributed by atoms with E-state index in [0.717, 1.165) is 61.1 Å². The SMILES string of the molecule is CCCCCCCCOc1ccc(-c2ccc(-c3ccc(C4=CCC(CCCCC)CC4)c(F)c3)cc2)c(F)c1F. The van der Waals surface area contributed by atoms with Gasteiger partial charge in [0.25, 0.3) is 0 Å². The molecule has 0 aromatic heterocycles. The average Bonchev–Trinajstić information content (AvgIpc) is 2.99. The molecule has 220 valence electrons. The van der Waals surface area contributed by atoms with Crippen molar-refractivity contribution in [3.63, 3.8) is 0 Å². The maximum Gasteiger partial charge on any atom is 0.201 e. The maximum absolute atomic E-state index is 15.2. The van der Waals surface area contributed by atoms with E-state index in [-0.39, 0.29) is 17.1 Å². The van der Waals surface area contributed by atoms with Gasteiger partial charge in [0.2, 0.25) is 5.82 Å². The predicted molar refractivity (Wildman–Crippen MR) is 166 cm³/mol. The molecule has 0 radical (unpaired) electrons. The van der Waals surface area contributed by atoms with Crippen LogP contribution in [0.15, 0.2) is 60.7 Å². The molecule has 0 heterocycles. The van der Waals surface area contributed by atoms with Crippen LogP contribution in [0.2, 0.25) is 0 Å². The Balaban J connectivity index is 1.37. The molecule has 4 heteroatoms. The molecule has 1 aliphatic carbocycles. The van der Waals surface area contributed by atoms with Crippen molar-refractivity contribution >= 4 is 5.57 Å². The Morgan fingerprint density at radius 3 is 2.05 bits per heavy atom. The summed E-state index contributed by atoms with van der Waals surface area (Å²) in [4.78, 5) is 0. The van der Waals surface area contributed by atoms with Gasteiger partial charge in [-0.2, -0.15) is 4.39 Å². The second-order valence-corrected chi connectivity index (χ2v) is 11.5. The molecule has 0 bridgehead atoms. The fourth-order valence-electron chi connectivity index (χ4n) is 5.81. The van der Waals surface area contributed by atoms with Gasteiger partial charge >= 0.3 is 0 Å². The molecular formula is C37H45F3O. The number of hydrogen-bond acceptors (Lipinski definition) is 1. The standard InChI is InChI=1S/C37H45F3O/c1-3-5-7-8-9-11-25-41-35-24-23-33(36(39)37(35)40)30-19-17-28(18-20-30)31-21-22-32(34(38)26-31)29-15-13-27(14-16-29)12-10-6-4-2/h15,17-24,26-27H,3-14,16,25H2,1-2H3. The Labute approximate surface area is 244 Å². The number of unbranched alkanes of at least 4 members (excludes halogenated alkanes) is 7. The van der Waals surface area contributed by atoms with E-state index >= 15 is 4.39 Å². The van der Waals surface area contributed by atoms with Crippen molar-refractivity contribution in [3.8, 4) is 28.0 Å². The van der Waals surface area contributed by atoms with E-state index in [2.05, 4.69) is 19.9 Å². The summed E-state index contributed by atoms with van der Waals surface area (Å²) >= 11 is 0. The van der Waals surface area contributed by atoms with Crippen molar-refractivity contribution in [2.45, 2.75) is 97.3 Å². The van der Waals surface area contributed by atoms with E-state index in [1.54, 1.807) is 24.3 Å². The van der Waals surface area contributed by atoms with Crippen LogP contribution in [0.1, 0.15) is 103 Å². The summed E-state index contributed by atoms with van der Waals surface area (Å²) in [5.74, 6) is -1.42. The molecule has 4 rings (SSSR count). The van der Waals surface area contributed by atoms with Gasteiger partial charge in [-0.05, 0) is 72.1 Å². The Morgan fingerprint density at radius 2 is 1.34 bits per heavy atom. The van der Waals surface area contributed by atoms with Crippen LogP contribution in [0.5, 0.6) is 5.75 Å². The van der Waals surface area contributed by atoms with Crippen LogP contribution in [0.25, 0.3) is 27.8 Å². The van der Waals surface area contributed by atoms with E-state index in [0.29, 0.717) is 17.7 Å². The first-order chi connectivity index (χ1) is 20.0. The van der Waals surface area contributed by atoms with Gasteiger partial charge in [-0.25, -0.2) is 8.78 Å². The molecule has 0 fully saturated rings. The van der Waals surface area contributed by atoms with Gasteiger partial charge < -0.3 is 4.74 Å². The van der Waals surface area contributed by atoms with Crippen LogP contribution in [0.4, 0.5) is 13.2 Å². The fraction of sp³-hybridized carbons (Fsp3) is 0.459. The molecule has 0 aliphatic heterocycles. The molecule has 0 amide bonds. The van der Waals surface area contributed by atoms with Crippen LogP contribution in [0, 0.1) is 23.4 Å². The summed E-state index contributed by atoms with van der Waals surface area (Å²) < 4.78 is 50.4. The fourth-order valence-corrected chi connectivity index (χ4v) is 5.81. The molecular weight excluding hydrogens is 517 g/mol. The largest absolute Gasteiger partial charge is 0.490 e. The summed E-state index contributed by atoms with van der Waals surface area (Å²) in [6.45, 7) is 4.78. The molecule has 1 aliphatic rings. The zero-order chi connectivity index (χ0) is 29.0. The highest BCUT2D eigenvalue weighted by atomic mass is 19.2. The van der Waals surface area contributed by atoms with Crippen LogP contribution in [-0.2, 0) is 0 Å². The molecule has 3 aromatic rings. The molecule has 0 spiro atoms. The summed E-state index contributed by atoms with van der Waals surface area (Å²) in [5, 5.41) is 0. The topological polar surface area (TPSA) is 9.23 Å². The van der Waals surface area contributed by atoms with E-state index in [1.807, 2.05) is 24.3 Å². The first-order valence-corrected chi connectivity index (χ1v) is 15.7. The predicted octanol–water partition coefficient (Wildman–Crippen LogP) is 11.9. The Bertz CT molecular complexity index is 1280. The van der Waals surface area contributed by atoms with E-state index in [1.165, 1.54) is 51.0 Å².